The van der Waals surface area contributed by atoms with Gasteiger partial charge in [0.1, 0.15) is 5.69 Å². The molecule has 0 saturated carbocycles. The fourth-order valence-corrected chi connectivity index (χ4v) is 1.60. The van der Waals surface area contributed by atoms with Crippen molar-refractivity contribution >= 4 is 21.9 Å². The van der Waals surface area contributed by atoms with Gasteiger partial charge in [0.15, 0.2) is 0 Å². The summed E-state index contributed by atoms with van der Waals surface area (Å²) in [7, 11) is 0. The molecular weight excluding hydrogens is 270 g/mol. The molecule has 0 amide bonds. The highest BCUT2D eigenvalue weighted by atomic mass is 79.9. The van der Waals surface area contributed by atoms with E-state index in [1.165, 1.54) is 6.07 Å². The van der Waals surface area contributed by atoms with E-state index >= 15 is 0 Å². The molecule has 0 bridgehead atoms. The molecule has 0 atom stereocenters. The predicted molar refractivity (Wildman–Crippen MR) is 64.3 cm³/mol. The van der Waals surface area contributed by atoms with Crippen LogP contribution in [0.4, 0.5) is 0 Å². The third kappa shape index (κ3) is 2.28. The van der Waals surface area contributed by atoms with Crippen LogP contribution < -0.4 is 0 Å². The van der Waals surface area contributed by atoms with Crippen LogP contribution in [0.15, 0.2) is 47.1 Å². The number of carboxylic acid groups (broad SMARTS) is 1. The van der Waals surface area contributed by atoms with Crippen molar-refractivity contribution in [3.63, 3.8) is 0 Å². The molecule has 1 aromatic carbocycles. The first-order valence-electron chi connectivity index (χ1n) is 4.62. The van der Waals surface area contributed by atoms with Crippen molar-refractivity contribution in [1.82, 2.24) is 4.98 Å². The Morgan fingerprint density at radius 2 is 1.69 bits per heavy atom. The maximum absolute atomic E-state index is 10.6. The molecule has 0 saturated heterocycles. The molecule has 0 radical (unpaired) electrons. The van der Waals surface area contributed by atoms with E-state index in [1.807, 2.05) is 24.3 Å². The molecule has 0 unspecified atom stereocenters. The van der Waals surface area contributed by atoms with Crippen molar-refractivity contribution in [2.24, 2.45) is 0 Å². The van der Waals surface area contributed by atoms with E-state index in [4.69, 9.17) is 5.11 Å². The first-order valence-corrected chi connectivity index (χ1v) is 5.41. The second-order valence-electron chi connectivity index (χ2n) is 3.24. The topological polar surface area (TPSA) is 50.2 Å². The molecule has 4 heteroatoms. The zero-order chi connectivity index (χ0) is 11.5. The monoisotopic (exact) mass is 277 g/mol. The highest BCUT2D eigenvalue weighted by Crippen LogP contribution is 2.20. The summed E-state index contributed by atoms with van der Waals surface area (Å²) in [5.41, 5.74) is 1.96. The Bertz CT molecular complexity index is 506. The van der Waals surface area contributed by atoms with Crippen LogP contribution in [0.25, 0.3) is 11.1 Å². The van der Waals surface area contributed by atoms with Crippen LogP contribution in [0.3, 0.4) is 0 Å². The van der Waals surface area contributed by atoms with Gasteiger partial charge in [-0.15, -0.1) is 0 Å². The van der Waals surface area contributed by atoms with Crippen LogP contribution in [-0.2, 0) is 0 Å². The molecule has 2 rings (SSSR count). The van der Waals surface area contributed by atoms with Crippen molar-refractivity contribution < 1.29 is 9.90 Å². The lowest BCUT2D eigenvalue weighted by Gasteiger charge is -2.01. The second-order valence-corrected chi connectivity index (χ2v) is 4.16. The van der Waals surface area contributed by atoms with Crippen LogP contribution >= 0.6 is 15.9 Å². The van der Waals surface area contributed by atoms with Gasteiger partial charge in [-0.2, -0.15) is 0 Å². The van der Waals surface area contributed by atoms with Gasteiger partial charge >= 0.3 is 5.97 Å². The molecule has 0 fully saturated rings. The predicted octanol–water partition coefficient (Wildman–Crippen LogP) is 3.21. The van der Waals surface area contributed by atoms with E-state index in [9.17, 15) is 4.79 Å². The molecule has 3 nitrogen and oxygen atoms in total. The van der Waals surface area contributed by atoms with E-state index in [0.717, 1.165) is 15.6 Å². The van der Waals surface area contributed by atoms with Gasteiger partial charge < -0.3 is 5.11 Å². The van der Waals surface area contributed by atoms with Crippen molar-refractivity contribution in [1.29, 1.82) is 0 Å². The van der Waals surface area contributed by atoms with Gasteiger partial charge in [0.05, 0.1) is 0 Å². The first kappa shape index (κ1) is 10.8. The smallest absolute Gasteiger partial charge is 0.354 e. The molecule has 1 aromatic heterocycles. The van der Waals surface area contributed by atoms with Crippen LogP contribution in [0.1, 0.15) is 10.5 Å². The van der Waals surface area contributed by atoms with E-state index in [2.05, 4.69) is 20.9 Å². The van der Waals surface area contributed by atoms with Gasteiger partial charge in [-0.25, -0.2) is 9.78 Å². The van der Waals surface area contributed by atoms with Gasteiger partial charge in [-0.05, 0) is 23.8 Å². The Morgan fingerprint density at radius 3 is 2.19 bits per heavy atom. The lowest BCUT2D eigenvalue weighted by atomic mass is 10.1. The molecule has 1 heterocycles. The van der Waals surface area contributed by atoms with Gasteiger partial charge in [0.2, 0.25) is 0 Å². The SMILES string of the molecule is O=C(O)c1ccc(-c2ccc(Br)cc2)cn1. The number of aromatic nitrogens is 1. The summed E-state index contributed by atoms with van der Waals surface area (Å²) in [4.78, 5) is 14.5. The van der Waals surface area contributed by atoms with Crippen molar-refractivity contribution in [3.05, 3.63) is 52.8 Å². The summed E-state index contributed by atoms with van der Waals surface area (Å²) in [6.07, 6.45) is 1.56. The Balaban J connectivity index is 2.34. The number of carbonyl (C=O) groups is 1. The van der Waals surface area contributed by atoms with E-state index in [0.29, 0.717) is 0 Å². The number of hydrogen-bond acceptors (Lipinski definition) is 2. The average molecular weight is 278 g/mol. The highest BCUT2D eigenvalue weighted by Gasteiger charge is 2.04. The Labute approximate surface area is 101 Å². The standard InChI is InChI=1S/C12H8BrNO2/c13-10-4-1-8(2-5-10)9-3-6-11(12(15)16)14-7-9/h1-7H,(H,15,16). The minimum absolute atomic E-state index is 0.0564. The molecule has 2 aromatic rings. The number of aromatic carboxylic acids is 1. The number of carboxylic acids is 1. The molecular formula is C12H8BrNO2. The maximum atomic E-state index is 10.6. The van der Waals surface area contributed by atoms with Gasteiger partial charge in [-0.1, -0.05) is 34.1 Å². The quantitative estimate of drug-likeness (QED) is 0.917. The van der Waals surface area contributed by atoms with Crippen molar-refractivity contribution in [3.8, 4) is 11.1 Å². The zero-order valence-electron chi connectivity index (χ0n) is 8.22. The number of rotatable bonds is 2. The summed E-state index contributed by atoms with van der Waals surface area (Å²) in [6.45, 7) is 0. The fourth-order valence-electron chi connectivity index (χ4n) is 1.33. The summed E-state index contributed by atoms with van der Waals surface area (Å²) >= 11 is 3.36. The highest BCUT2D eigenvalue weighted by molar-refractivity contribution is 9.10. The van der Waals surface area contributed by atoms with Crippen LogP contribution in [-0.4, -0.2) is 16.1 Å². The van der Waals surface area contributed by atoms with Crippen LogP contribution in [0.2, 0.25) is 0 Å². The summed E-state index contributed by atoms with van der Waals surface area (Å²) < 4.78 is 1.01. The number of halogens is 1. The second kappa shape index (κ2) is 4.45. The molecule has 0 aliphatic rings. The maximum Gasteiger partial charge on any atom is 0.354 e. The molecule has 16 heavy (non-hydrogen) atoms. The van der Waals surface area contributed by atoms with E-state index in [1.54, 1.807) is 12.3 Å². The minimum atomic E-state index is -1.01. The first-order chi connectivity index (χ1) is 7.66. The average Bonchev–Trinajstić information content (AvgIpc) is 2.30. The Morgan fingerprint density at radius 1 is 1.06 bits per heavy atom. The molecule has 1 N–H and O–H groups in total. The summed E-state index contributed by atoms with van der Waals surface area (Å²) in [6, 6.07) is 11.0. The number of nitrogens with zero attached hydrogens (tertiary/aromatic N) is 1. The van der Waals surface area contributed by atoms with Crippen LogP contribution in [0.5, 0.6) is 0 Å². The van der Waals surface area contributed by atoms with Gasteiger partial charge in [-0.3, -0.25) is 0 Å². The van der Waals surface area contributed by atoms with Crippen molar-refractivity contribution in [2.75, 3.05) is 0 Å². The van der Waals surface area contributed by atoms with Crippen LogP contribution in [0, 0.1) is 0 Å². The van der Waals surface area contributed by atoms with Gasteiger partial charge in [0.25, 0.3) is 0 Å². The molecule has 0 aliphatic heterocycles. The van der Waals surface area contributed by atoms with Gasteiger partial charge in [0, 0.05) is 16.2 Å². The third-order valence-electron chi connectivity index (χ3n) is 2.16. The van der Waals surface area contributed by atoms with E-state index in [-0.39, 0.29) is 5.69 Å². The Kier molecular flexibility index (Phi) is 3.01. The number of hydrogen-bond donors (Lipinski definition) is 1. The summed E-state index contributed by atoms with van der Waals surface area (Å²) in [5.74, 6) is -1.01. The summed E-state index contributed by atoms with van der Waals surface area (Å²) in [5, 5.41) is 8.71. The number of pyridine rings is 1. The fraction of sp³-hybridized carbons (Fsp3) is 0. The number of benzene rings is 1. The third-order valence-corrected chi connectivity index (χ3v) is 2.69. The van der Waals surface area contributed by atoms with E-state index < -0.39 is 5.97 Å². The zero-order valence-corrected chi connectivity index (χ0v) is 9.81. The molecule has 0 spiro atoms. The minimum Gasteiger partial charge on any atom is -0.477 e. The normalized spacial score (nSPS) is 10.1. The Hall–Kier alpha value is -1.68. The lowest BCUT2D eigenvalue weighted by molar-refractivity contribution is 0.0690. The molecule has 0 aliphatic carbocycles. The van der Waals surface area contributed by atoms with Crippen molar-refractivity contribution in [2.45, 2.75) is 0 Å². The lowest BCUT2D eigenvalue weighted by Crippen LogP contribution is -1.98. The largest absolute Gasteiger partial charge is 0.477 e. The molecule has 80 valence electrons.